The van der Waals surface area contributed by atoms with Crippen LogP contribution in [0.3, 0.4) is 0 Å². The number of ketones is 2. The van der Waals surface area contributed by atoms with Crippen LogP contribution in [0.15, 0.2) is 29.8 Å². The average Bonchev–Trinajstić information content (AvgIpc) is 2.52. The summed E-state index contributed by atoms with van der Waals surface area (Å²) in [4.78, 5) is 34.2. The maximum Gasteiger partial charge on any atom is 0.270 e. The first-order valence-electron chi connectivity index (χ1n) is 7.52. The number of hydrogen-bond acceptors (Lipinski definition) is 4. The van der Waals surface area contributed by atoms with Crippen molar-refractivity contribution < 1.29 is 14.5 Å². The lowest BCUT2D eigenvalue weighted by Crippen LogP contribution is -2.10. The Morgan fingerprint density at radius 3 is 2.52 bits per heavy atom. The summed E-state index contributed by atoms with van der Waals surface area (Å²) >= 11 is 3.36. The first kappa shape index (κ1) is 19.2. The smallest absolute Gasteiger partial charge is 0.270 e. The topological polar surface area (TPSA) is 77.3 Å². The maximum atomic E-state index is 12.2. The van der Waals surface area contributed by atoms with Crippen LogP contribution < -0.4 is 0 Å². The minimum absolute atomic E-state index is 0.0659. The van der Waals surface area contributed by atoms with Crippen molar-refractivity contribution in [2.45, 2.75) is 39.0 Å². The van der Waals surface area contributed by atoms with Gasteiger partial charge in [-0.2, -0.15) is 0 Å². The lowest BCUT2D eigenvalue weighted by atomic mass is 9.99. The van der Waals surface area contributed by atoms with Crippen LogP contribution in [0, 0.1) is 10.1 Å². The third-order valence-electron chi connectivity index (χ3n) is 3.36. The summed E-state index contributed by atoms with van der Waals surface area (Å²) in [5, 5.41) is 11.7. The fourth-order valence-electron chi connectivity index (χ4n) is 2.14. The number of unbranched alkanes of at least 4 members (excludes halogenated alkanes) is 3. The third kappa shape index (κ3) is 6.86. The van der Waals surface area contributed by atoms with E-state index in [-0.39, 0.29) is 22.8 Å². The van der Waals surface area contributed by atoms with Gasteiger partial charge in [0.05, 0.1) is 10.5 Å². The Bertz CT molecular complexity index is 610. The van der Waals surface area contributed by atoms with Crippen molar-refractivity contribution in [3.05, 3.63) is 45.5 Å². The molecule has 1 rings (SSSR count). The number of rotatable bonds is 10. The Hall–Kier alpha value is -1.82. The Morgan fingerprint density at radius 1 is 1.22 bits per heavy atom. The van der Waals surface area contributed by atoms with Crippen LogP contribution in [0.25, 0.3) is 6.08 Å². The highest BCUT2D eigenvalue weighted by molar-refractivity contribution is 9.09. The van der Waals surface area contributed by atoms with E-state index in [2.05, 4.69) is 15.9 Å². The number of allylic oxidation sites excluding steroid dienone is 1. The first-order chi connectivity index (χ1) is 11.0. The zero-order valence-electron chi connectivity index (χ0n) is 13.1. The van der Waals surface area contributed by atoms with Crippen LogP contribution in [-0.2, 0) is 9.59 Å². The van der Waals surface area contributed by atoms with Gasteiger partial charge in [-0.15, -0.1) is 0 Å². The van der Waals surface area contributed by atoms with Crippen molar-refractivity contribution in [1.29, 1.82) is 0 Å². The molecule has 5 nitrogen and oxygen atoms in total. The molecule has 23 heavy (non-hydrogen) atoms. The number of halogens is 1. The molecular formula is C17H20BrNO4. The quantitative estimate of drug-likeness (QED) is 0.114. The Labute approximate surface area is 144 Å². The van der Waals surface area contributed by atoms with Crippen LogP contribution in [0.1, 0.15) is 44.6 Å². The Balaban J connectivity index is 2.81. The van der Waals surface area contributed by atoms with Crippen molar-refractivity contribution in [3.63, 3.8) is 0 Å². The van der Waals surface area contributed by atoms with Crippen molar-refractivity contribution in [1.82, 2.24) is 0 Å². The van der Waals surface area contributed by atoms with Gasteiger partial charge in [0.1, 0.15) is 0 Å². The van der Waals surface area contributed by atoms with Gasteiger partial charge in [-0.25, -0.2) is 0 Å². The summed E-state index contributed by atoms with van der Waals surface area (Å²) in [5.74, 6) is -0.523. The minimum Gasteiger partial charge on any atom is -0.294 e. The monoisotopic (exact) mass is 381 g/mol. The molecule has 0 saturated carbocycles. The number of hydrogen-bond donors (Lipinski definition) is 0. The number of Topliss-reactive ketones (excluding diaryl/α,β-unsaturated/α-hetero) is 2. The van der Waals surface area contributed by atoms with Gasteiger partial charge < -0.3 is 0 Å². The molecule has 0 heterocycles. The van der Waals surface area contributed by atoms with E-state index in [1.165, 1.54) is 31.2 Å². The van der Waals surface area contributed by atoms with E-state index in [0.29, 0.717) is 12.0 Å². The maximum absolute atomic E-state index is 12.2. The van der Waals surface area contributed by atoms with Crippen LogP contribution in [0.2, 0.25) is 0 Å². The summed E-state index contributed by atoms with van der Waals surface area (Å²) in [7, 11) is 0. The van der Waals surface area contributed by atoms with E-state index in [9.17, 15) is 19.7 Å². The highest BCUT2D eigenvalue weighted by atomic mass is 79.9. The van der Waals surface area contributed by atoms with Gasteiger partial charge in [-0.3, -0.25) is 19.7 Å². The van der Waals surface area contributed by atoms with Crippen molar-refractivity contribution in [3.8, 4) is 0 Å². The van der Waals surface area contributed by atoms with Crippen LogP contribution in [0.5, 0.6) is 0 Å². The van der Waals surface area contributed by atoms with E-state index in [0.717, 1.165) is 31.0 Å². The molecule has 0 fully saturated rings. The molecule has 0 aliphatic heterocycles. The number of nitrogens with zero attached hydrogens (tertiary/aromatic N) is 1. The van der Waals surface area contributed by atoms with E-state index < -0.39 is 4.92 Å². The van der Waals surface area contributed by atoms with Gasteiger partial charge in [-0.1, -0.05) is 40.9 Å². The Morgan fingerprint density at radius 2 is 1.91 bits per heavy atom. The molecule has 0 aliphatic carbocycles. The predicted molar refractivity (Wildman–Crippen MR) is 93.6 cm³/mol. The standard InChI is InChI=1S/C17H20BrNO4/c1-13(20)16(17(21)9-4-2-3-5-10-18)12-14-7-6-8-15(11-14)19(22)23/h6-8,11-12H,2-5,9-10H2,1H3/b16-12+. The van der Waals surface area contributed by atoms with E-state index in [1.54, 1.807) is 6.07 Å². The van der Waals surface area contributed by atoms with Gasteiger partial charge in [0, 0.05) is 23.9 Å². The molecule has 6 heteroatoms. The molecule has 0 aliphatic rings. The van der Waals surface area contributed by atoms with Gasteiger partial charge in [-0.05, 0) is 31.4 Å². The molecule has 0 unspecified atom stereocenters. The zero-order valence-corrected chi connectivity index (χ0v) is 14.7. The summed E-state index contributed by atoms with van der Waals surface area (Å²) in [5.41, 5.74) is 0.520. The van der Waals surface area contributed by atoms with Crippen LogP contribution >= 0.6 is 15.9 Å². The van der Waals surface area contributed by atoms with Gasteiger partial charge in [0.2, 0.25) is 0 Å². The number of carbonyl (C=O) groups is 2. The molecule has 0 aromatic heterocycles. The highest BCUT2D eigenvalue weighted by Crippen LogP contribution is 2.18. The molecule has 0 atom stereocenters. The number of nitro benzene ring substituents is 1. The lowest BCUT2D eigenvalue weighted by Gasteiger charge is -2.04. The lowest BCUT2D eigenvalue weighted by molar-refractivity contribution is -0.384. The summed E-state index contributed by atoms with van der Waals surface area (Å²) in [6, 6.07) is 5.90. The molecule has 0 bridgehead atoms. The third-order valence-corrected chi connectivity index (χ3v) is 3.92. The van der Waals surface area contributed by atoms with Crippen LogP contribution in [0.4, 0.5) is 5.69 Å². The summed E-state index contributed by atoms with van der Waals surface area (Å²) in [6.07, 6.45) is 5.56. The van der Waals surface area contributed by atoms with Crippen LogP contribution in [-0.4, -0.2) is 21.8 Å². The van der Waals surface area contributed by atoms with Gasteiger partial charge in [0.25, 0.3) is 5.69 Å². The van der Waals surface area contributed by atoms with Gasteiger partial charge >= 0.3 is 0 Å². The Kier molecular flexibility index (Phi) is 8.40. The largest absolute Gasteiger partial charge is 0.294 e. The van der Waals surface area contributed by atoms with E-state index in [4.69, 9.17) is 0 Å². The molecule has 1 aromatic rings. The normalized spacial score (nSPS) is 11.3. The summed E-state index contributed by atoms with van der Waals surface area (Å²) in [6.45, 7) is 1.34. The fraction of sp³-hybridized carbons (Fsp3) is 0.412. The number of alkyl halides is 1. The second-order valence-corrected chi connectivity index (χ2v) is 6.04. The first-order valence-corrected chi connectivity index (χ1v) is 8.64. The van der Waals surface area contributed by atoms with Gasteiger partial charge in [0.15, 0.2) is 11.6 Å². The average molecular weight is 382 g/mol. The minimum atomic E-state index is -0.503. The predicted octanol–water partition coefficient (Wildman–Crippen LogP) is 4.48. The molecule has 0 radical (unpaired) electrons. The SMILES string of the molecule is CC(=O)/C(=C\c1cccc([N+](=O)[O-])c1)C(=O)CCCCCCBr. The number of non-ortho nitro benzene ring substituents is 1. The summed E-state index contributed by atoms with van der Waals surface area (Å²) < 4.78 is 0. The van der Waals surface area contributed by atoms with E-state index in [1.807, 2.05) is 0 Å². The molecule has 0 amide bonds. The number of benzene rings is 1. The molecule has 124 valence electrons. The van der Waals surface area contributed by atoms with Crippen molar-refractivity contribution in [2.75, 3.05) is 5.33 Å². The molecular weight excluding hydrogens is 362 g/mol. The second-order valence-electron chi connectivity index (χ2n) is 5.24. The second kappa shape index (κ2) is 10.0. The molecule has 0 spiro atoms. The zero-order chi connectivity index (χ0) is 17.2. The highest BCUT2D eigenvalue weighted by Gasteiger charge is 2.15. The van der Waals surface area contributed by atoms with E-state index >= 15 is 0 Å². The van der Waals surface area contributed by atoms with Crippen molar-refractivity contribution in [2.24, 2.45) is 0 Å². The number of nitro groups is 1. The fourth-order valence-corrected chi connectivity index (χ4v) is 2.54. The van der Waals surface area contributed by atoms with Crippen molar-refractivity contribution >= 4 is 39.3 Å². The molecule has 0 N–H and O–H groups in total. The number of carbonyl (C=O) groups excluding carboxylic acids is 2. The molecule has 0 saturated heterocycles. The molecule has 1 aromatic carbocycles.